The Hall–Kier alpha value is -2.58. The van der Waals surface area contributed by atoms with Gasteiger partial charge < -0.3 is 10.6 Å². The molecule has 3 rings (SSSR count). The minimum Gasteiger partial charge on any atom is -0.396 e. The van der Waals surface area contributed by atoms with E-state index in [1.165, 1.54) is 6.20 Å². The Labute approximate surface area is 129 Å². The van der Waals surface area contributed by atoms with Crippen LogP contribution in [0.2, 0.25) is 0 Å². The zero-order valence-electron chi connectivity index (χ0n) is 12.0. The van der Waals surface area contributed by atoms with Crippen molar-refractivity contribution in [1.82, 2.24) is 20.1 Å². The average molecular weight is 325 g/mol. The monoisotopic (exact) mass is 325 g/mol. The molecule has 1 fully saturated rings. The first-order valence-corrected chi connectivity index (χ1v) is 6.97. The molecule has 9 heteroatoms. The number of nitrogens with two attached hydrogens (primary N) is 1. The van der Waals surface area contributed by atoms with Crippen molar-refractivity contribution < 1.29 is 18.0 Å². The normalized spacial score (nSPS) is 18.4. The summed E-state index contributed by atoms with van der Waals surface area (Å²) >= 11 is 0. The van der Waals surface area contributed by atoms with E-state index in [0.29, 0.717) is 31.4 Å². The average Bonchev–Trinajstić information content (AvgIpc) is 3.14. The topological polar surface area (TPSA) is 87.9 Å². The number of hydrogen-bond acceptors (Lipinski definition) is 4. The molecule has 2 aromatic heterocycles. The van der Waals surface area contributed by atoms with E-state index >= 15 is 0 Å². The van der Waals surface area contributed by atoms with E-state index in [4.69, 9.17) is 5.73 Å². The SMILES string of the molecule is Nc1cn[nH]c1C1CCN(C(=O)c2ccc(C(F)(F)F)cn2)C1. The van der Waals surface area contributed by atoms with Crippen LogP contribution in [0, 0.1) is 0 Å². The fourth-order valence-electron chi connectivity index (χ4n) is 2.66. The molecule has 0 saturated carbocycles. The fraction of sp³-hybridized carbons (Fsp3) is 0.357. The lowest BCUT2D eigenvalue weighted by molar-refractivity contribution is -0.137. The zero-order chi connectivity index (χ0) is 16.6. The van der Waals surface area contributed by atoms with E-state index in [9.17, 15) is 18.0 Å². The van der Waals surface area contributed by atoms with Crippen molar-refractivity contribution in [3.63, 3.8) is 0 Å². The van der Waals surface area contributed by atoms with Gasteiger partial charge in [0.15, 0.2) is 0 Å². The molecule has 122 valence electrons. The second-order valence-corrected chi connectivity index (χ2v) is 5.41. The van der Waals surface area contributed by atoms with Crippen LogP contribution >= 0.6 is 0 Å². The molecule has 2 aromatic rings. The Morgan fingerprint density at radius 1 is 1.35 bits per heavy atom. The number of halogens is 3. The number of aromatic nitrogens is 3. The van der Waals surface area contributed by atoms with Crippen molar-refractivity contribution in [2.75, 3.05) is 18.8 Å². The number of aromatic amines is 1. The summed E-state index contributed by atoms with van der Waals surface area (Å²) in [6.45, 7) is 0.915. The van der Waals surface area contributed by atoms with Crippen LogP contribution in [0.25, 0.3) is 0 Å². The zero-order valence-corrected chi connectivity index (χ0v) is 12.0. The highest BCUT2D eigenvalue weighted by Crippen LogP contribution is 2.31. The van der Waals surface area contributed by atoms with E-state index in [1.807, 2.05) is 0 Å². The van der Waals surface area contributed by atoms with Gasteiger partial charge in [-0.25, -0.2) is 0 Å². The first kappa shape index (κ1) is 15.3. The minimum atomic E-state index is -4.47. The number of anilines is 1. The summed E-state index contributed by atoms with van der Waals surface area (Å²) in [5.74, 6) is -0.352. The predicted molar refractivity (Wildman–Crippen MR) is 75.5 cm³/mol. The Bertz CT molecular complexity index is 710. The summed E-state index contributed by atoms with van der Waals surface area (Å²) in [6, 6.07) is 1.96. The summed E-state index contributed by atoms with van der Waals surface area (Å²) in [6.07, 6.45) is -1.57. The number of amides is 1. The van der Waals surface area contributed by atoms with Crippen LogP contribution in [-0.4, -0.2) is 39.1 Å². The maximum Gasteiger partial charge on any atom is 0.417 e. The third-order valence-corrected chi connectivity index (χ3v) is 3.89. The number of nitrogens with one attached hydrogen (secondary N) is 1. The largest absolute Gasteiger partial charge is 0.417 e. The van der Waals surface area contributed by atoms with Gasteiger partial charge in [0.25, 0.3) is 5.91 Å². The number of hydrogen-bond donors (Lipinski definition) is 2. The fourth-order valence-corrected chi connectivity index (χ4v) is 2.66. The van der Waals surface area contributed by atoms with Crippen molar-refractivity contribution in [1.29, 1.82) is 0 Å². The lowest BCUT2D eigenvalue weighted by Gasteiger charge is -2.16. The molecular weight excluding hydrogens is 311 g/mol. The molecule has 0 aromatic carbocycles. The number of alkyl halides is 3. The standard InChI is InChI=1S/C14H14F3N5O/c15-14(16,17)9-1-2-11(19-5-9)13(23)22-4-3-8(7-22)12-10(18)6-20-21-12/h1-2,5-6,8H,3-4,7,18H2,(H,20,21). The highest BCUT2D eigenvalue weighted by molar-refractivity contribution is 5.92. The van der Waals surface area contributed by atoms with Crippen LogP contribution in [0.5, 0.6) is 0 Å². The van der Waals surface area contributed by atoms with E-state index in [0.717, 1.165) is 17.8 Å². The lowest BCUT2D eigenvalue weighted by atomic mass is 10.0. The summed E-state index contributed by atoms with van der Waals surface area (Å²) in [5.41, 5.74) is 6.23. The predicted octanol–water partition coefficient (Wildman–Crippen LogP) is 2.04. The van der Waals surface area contributed by atoms with E-state index in [-0.39, 0.29) is 17.5 Å². The molecule has 3 N–H and O–H groups in total. The molecule has 1 saturated heterocycles. The summed E-state index contributed by atoms with van der Waals surface area (Å²) in [7, 11) is 0. The second kappa shape index (κ2) is 5.56. The number of likely N-dealkylation sites (tertiary alicyclic amines) is 1. The number of carbonyl (C=O) groups is 1. The highest BCUT2D eigenvalue weighted by atomic mass is 19.4. The van der Waals surface area contributed by atoms with Crippen molar-refractivity contribution in [2.45, 2.75) is 18.5 Å². The maximum atomic E-state index is 12.5. The molecule has 1 atom stereocenters. The van der Waals surface area contributed by atoms with Crippen LogP contribution in [0.3, 0.4) is 0 Å². The third-order valence-electron chi connectivity index (χ3n) is 3.89. The van der Waals surface area contributed by atoms with Crippen molar-refractivity contribution in [3.8, 4) is 0 Å². The summed E-state index contributed by atoms with van der Waals surface area (Å²) in [5, 5.41) is 6.67. The van der Waals surface area contributed by atoms with Gasteiger partial charge in [0.05, 0.1) is 23.1 Å². The number of carbonyl (C=O) groups excluding carboxylic acids is 1. The van der Waals surface area contributed by atoms with Gasteiger partial charge in [-0.05, 0) is 18.6 Å². The molecule has 0 spiro atoms. The molecule has 3 heterocycles. The van der Waals surface area contributed by atoms with Gasteiger partial charge in [0.2, 0.25) is 0 Å². The van der Waals surface area contributed by atoms with Crippen LogP contribution < -0.4 is 5.73 Å². The molecule has 1 amide bonds. The van der Waals surface area contributed by atoms with Crippen LogP contribution in [-0.2, 0) is 6.18 Å². The molecule has 1 unspecified atom stereocenters. The number of nitrogen functional groups attached to an aromatic ring is 1. The van der Waals surface area contributed by atoms with Gasteiger partial charge >= 0.3 is 6.18 Å². The van der Waals surface area contributed by atoms with Gasteiger partial charge in [-0.15, -0.1) is 0 Å². The van der Waals surface area contributed by atoms with Gasteiger partial charge in [0, 0.05) is 25.2 Å². The molecule has 1 aliphatic rings. The van der Waals surface area contributed by atoms with Gasteiger partial charge in [-0.2, -0.15) is 18.3 Å². The maximum absolute atomic E-state index is 12.5. The number of nitrogens with zero attached hydrogens (tertiary/aromatic N) is 3. The quantitative estimate of drug-likeness (QED) is 0.884. The van der Waals surface area contributed by atoms with Crippen molar-refractivity contribution in [3.05, 3.63) is 41.5 Å². The third kappa shape index (κ3) is 2.99. The first-order chi connectivity index (χ1) is 10.9. The number of pyridine rings is 1. The number of H-pyrrole nitrogens is 1. The highest BCUT2D eigenvalue weighted by Gasteiger charge is 2.33. The molecule has 1 aliphatic heterocycles. The minimum absolute atomic E-state index is 0.00349. The lowest BCUT2D eigenvalue weighted by Crippen LogP contribution is -2.29. The van der Waals surface area contributed by atoms with Gasteiger partial charge in [-0.3, -0.25) is 14.9 Å². The van der Waals surface area contributed by atoms with Crippen LogP contribution in [0.1, 0.15) is 34.1 Å². The molecule has 23 heavy (non-hydrogen) atoms. The Morgan fingerprint density at radius 3 is 2.70 bits per heavy atom. The van der Waals surface area contributed by atoms with E-state index in [1.54, 1.807) is 4.90 Å². The number of rotatable bonds is 2. The molecule has 6 nitrogen and oxygen atoms in total. The van der Waals surface area contributed by atoms with Gasteiger partial charge in [0.1, 0.15) is 5.69 Å². The summed E-state index contributed by atoms with van der Waals surface area (Å²) in [4.78, 5) is 17.5. The van der Waals surface area contributed by atoms with E-state index in [2.05, 4.69) is 15.2 Å². The molecule has 0 radical (unpaired) electrons. The van der Waals surface area contributed by atoms with Crippen molar-refractivity contribution in [2.24, 2.45) is 0 Å². The Balaban J connectivity index is 1.71. The van der Waals surface area contributed by atoms with Gasteiger partial charge in [-0.1, -0.05) is 0 Å². The van der Waals surface area contributed by atoms with E-state index < -0.39 is 11.7 Å². The molecule has 0 bridgehead atoms. The van der Waals surface area contributed by atoms with Crippen molar-refractivity contribution >= 4 is 11.6 Å². The summed E-state index contributed by atoms with van der Waals surface area (Å²) < 4.78 is 37.5. The van der Waals surface area contributed by atoms with Crippen LogP contribution in [0.4, 0.5) is 18.9 Å². The Morgan fingerprint density at radius 2 is 2.13 bits per heavy atom. The van der Waals surface area contributed by atoms with Crippen LogP contribution in [0.15, 0.2) is 24.5 Å². The smallest absolute Gasteiger partial charge is 0.396 e. The molecule has 0 aliphatic carbocycles. The molecular formula is C14H14F3N5O. The second-order valence-electron chi connectivity index (χ2n) is 5.41. The Kier molecular flexibility index (Phi) is 3.70. The first-order valence-electron chi connectivity index (χ1n) is 6.97.